The van der Waals surface area contributed by atoms with Crippen molar-refractivity contribution in [3.63, 3.8) is 0 Å². The molecule has 2 aromatic rings. The molecule has 4 heteroatoms. The van der Waals surface area contributed by atoms with Gasteiger partial charge in [0.1, 0.15) is 12.4 Å². The molecule has 25 heavy (non-hydrogen) atoms. The van der Waals surface area contributed by atoms with Gasteiger partial charge in [0.05, 0.1) is 8.95 Å². The van der Waals surface area contributed by atoms with Crippen LogP contribution in [-0.2, 0) is 6.61 Å². The van der Waals surface area contributed by atoms with E-state index in [0.29, 0.717) is 6.61 Å². The lowest BCUT2D eigenvalue weighted by molar-refractivity contribution is 0.302. The molecular weight excluding hydrogens is 442 g/mol. The summed E-state index contributed by atoms with van der Waals surface area (Å²) in [5.74, 6) is 0.820. The van der Waals surface area contributed by atoms with Crippen LogP contribution in [0.25, 0.3) is 0 Å². The van der Waals surface area contributed by atoms with E-state index in [1.54, 1.807) is 0 Å². The third-order valence-electron chi connectivity index (χ3n) is 3.91. The fourth-order valence-electron chi connectivity index (χ4n) is 2.43. The molecule has 0 saturated carbocycles. The maximum absolute atomic E-state index is 5.98. The molecular formula is C21H25Br2NO. The number of hydrogen-bond acceptors (Lipinski definition) is 2. The van der Waals surface area contributed by atoms with Crippen molar-refractivity contribution in [2.45, 2.75) is 46.1 Å². The molecule has 2 nitrogen and oxygen atoms in total. The molecule has 0 aliphatic carbocycles. The van der Waals surface area contributed by atoms with Crippen molar-refractivity contribution in [2.24, 2.45) is 4.99 Å². The van der Waals surface area contributed by atoms with Gasteiger partial charge < -0.3 is 4.74 Å². The Morgan fingerprint density at radius 3 is 2.32 bits per heavy atom. The topological polar surface area (TPSA) is 21.6 Å². The van der Waals surface area contributed by atoms with Crippen LogP contribution in [-0.4, -0.2) is 12.8 Å². The van der Waals surface area contributed by atoms with Crippen molar-refractivity contribution in [3.8, 4) is 5.75 Å². The standard InChI is InChI=1S/C21H25Br2NO/c1-3-4-5-6-11-24-14-18-12-19(22)21(20(23)13-18)25-15-17-9-7-16(2)8-10-17/h7-10,12-14H,3-6,11,15H2,1-2H3/b24-14+. The Hall–Kier alpha value is -1.13. The summed E-state index contributed by atoms with van der Waals surface area (Å²) in [4.78, 5) is 4.52. The fraction of sp³-hybridized carbons (Fsp3) is 0.381. The number of hydrogen-bond donors (Lipinski definition) is 0. The van der Waals surface area contributed by atoms with Crippen LogP contribution >= 0.6 is 31.9 Å². The van der Waals surface area contributed by atoms with Gasteiger partial charge in [0.25, 0.3) is 0 Å². The Morgan fingerprint density at radius 2 is 1.68 bits per heavy atom. The summed E-state index contributed by atoms with van der Waals surface area (Å²) in [6.07, 6.45) is 6.90. The van der Waals surface area contributed by atoms with Gasteiger partial charge in [-0.05, 0) is 68.5 Å². The van der Waals surface area contributed by atoms with Gasteiger partial charge >= 0.3 is 0 Å². The van der Waals surface area contributed by atoms with Gasteiger partial charge in [-0.1, -0.05) is 56.0 Å². The van der Waals surface area contributed by atoms with Crippen molar-refractivity contribution in [3.05, 3.63) is 62.0 Å². The van der Waals surface area contributed by atoms with Crippen LogP contribution < -0.4 is 4.74 Å². The molecule has 0 fully saturated rings. The van der Waals surface area contributed by atoms with Gasteiger partial charge in [-0.25, -0.2) is 0 Å². The van der Waals surface area contributed by atoms with Crippen molar-refractivity contribution in [1.29, 1.82) is 0 Å². The molecule has 2 rings (SSSR count). The lowest BCUT2D eigenvalue weighted by atomic mass is 10.2. The minimum atomic E-state index is 0.544. The van der Waals surface area contributed by atoms with E-state index < -0.39 is 0 Å². The van der Waals surface area contributed by atoms with Crippen molar-refractivity contribution in [2.75, 3.05) is 6.54 Å². The fourth-order valence-corrected chi connectivity index (χ4v) is 3.88. The van der Waals surface area contributed by atoms with E-state index in [0.717, 1.165) is 38.8 Å². The largest absolute Gasteiger partial charge is 0.487 e. The first-order valence-electron chi connectivity index (χ1n) is 8.77. The zero-order chi connectivity index (χ0) is 18.1. The average Bonchev–Trinajstić information content (AvgIpc) is 2.59. The Labute approximate surface area is 168 Å². The lowest BCUT2D eigenvalue weighted by Gasteiger charge is -2.11. The summed E-state index contributed by atoms with van der Waals surface area (Å²) in [6.45, 7) is 5.74. The first-order valence-corrected chi connectivity index (χ1v) is 10.4. The molecule has 0 heterocycles. The lowest BCUT2D eigenvalue weighted by Crippen LogP contribution is -1.98. The second kappa shape index (κ2) is 10.8. The first-order chi connectivity index (χ1) is 12.1. The molecule has 0 N–H and O–H groups in total. The van der Waals surface area contributed by atoms with Crippen LogP contribution in [0.3, 0.4) is 0 Å². The Morgan fingerprint density at radius 1 is 1.00 bits per heavy atom. The molecule has 0 spiro atoms. The second-order valence-corrected chi connectivity index (χ2v) is 7.89. The summed E-state index contributed by atoms with van der Waals surface area (Å²) in [7, 11) is 0. The third kappa shape index (κ3) is 6.95. The van der Waals surface area contributed by atoms with Gasteiger partial charge in [-0.15, -0.1) is 0 Å². The highest BCUT2D eigenvalue weighted by molar-refractivity contribution is 9.11. The average molecular weight is 467 g/mol. The predicted octanol–water partition coefficient (Wildman–Crippen LogP) is 7.10. The molecule has 0 saturated heterocycles. The quantitative estimate of drug-likeness (QED) is 0.285. The van der Waals surface area contributed by atoms with Crippen molar-refractivity contribution < 1.29 is 4.74 Å². The zero-order valence-electron chi connectivity index (χ0n) is 14.9. The van der Waals surface area contributed by atoms with Gasteiger partial charge in [0, 0.05) is 12.8 Å². The highest BCUT2D eigenvalue weighted by Gasteiger charge is 2.09. The molecule has 134 valence electrons. The molecule has 2 aromatic carbocycles. The van der Waals surface area contributed by atoms with E-state index in [2.05, 4.69) is 75.0 Å². The summed E-state index contributed by atoms with van der Waals surface area (Å²) >= 11 is 7.22. The third-order valence-corrected chi connectivity index (χ3v) is 5.08. The number of ether oxygens (including phenoxy) is 1. The number of benzene rings is 2. The van der Waals surface area contributed by atoms with Crippen LogP contribution in [0.1, 0.15) is 49.3 Å². The van der Waals surface area contributed by atoms with E-state index in [1.807, 2.05) is 18.3 Å². The van der Waals surface area contributed by atoms with E-state index in [9.17, 15) is 0 Å². The van der Waals surface area contributed by atoms with Gasteiger partial charge in [0.2, 0.25) is 0 Å². The van der Waals surface area contributed by atoms with E-state index in [-0.39, 0.29) is 0 Å². The Kier molecular flexibility index (Phi) is 8.70. The summed E-state index contributed by atoms with van der Waals surface area (Å²) in [6, 6.07) is 12.5. The van der Waals surface area contributed by atoms with Crippen LogP contribution in [0.15, 0.2) is 50.3 Å². The molecule has 0 bridgehead atoms. The highest BCUT2D eigenvalue weighted by atomic mass is 79.9. The van der Waals surface area contributed by atoms with E-state index in [1.165, 1.54) is 24.8 Å². The van der Waals surface area contributed by atoms with Gasteiger partial charge in [0.15, 0.2) is 0 Å². The first kappa shape index (κ1) is 20.2. The molecule has 0 aromatic heterocycles. The SMILES string of the molecule is CCCCCC/N=C/c1cc(Br)c(OCc2ccc(C)cc2)c(Br)c1. The molecule has 0 amide bonds. The number of unbranched alkanes of at least 4 members (excludes halogenated alkanes) is 3. The van der Waals surface area contributed by atoms with Crippen molar-refractivity contribution >= 4 is 38.1 Å². The molecule has 0 unspecified atom stereocenters. The number of nitrogens with zero attached hydrogens (tertiary/aromatic N) is 1. The normalized spacial score (nSPS) is 11.2. The van der Waals surface area contributed by atoms with Crippen LogP contribution in [0.4, 0.5) is 0 Å². The molecule has 0 atom stereocenters. The minimum Gasteiger partial charge on any atom is -0.487 e. The zero-order valence-corrected chi connectivity index (χ0v) is 18.1. The van der Waals surface area contributed by atoms with Crippen LogP contribution in [0.2, 0.25) is 0 Å². The Bertz CT molecular complexity index is 673. The molecule has 0 aliphatic heterocycles. The monoisotopic (exact) mass is 465 g/mol. The molecule has 0 aliphatic rings. The summed E-state index contributed by atoms with van der Waals surface area (Å²) in [5, 5.41) is 0. The van der Waals surface area contributed by atoms with Crippen LogP contribution in [0.5, 0.6) is 5.75 Å². The summed E-state index contributed by atoms with van der Waals surface area (Å²) in [5.41, 5.74) is 3.48. The summed E-state index contributed by atoms with van der Waals surface area (Å²) < 4.78 is 7.84. The highest BCUT2D eigenvalue weighted by Crippen LogP contribution is 2.35. The number of rotatable bonds is 9. The number of halogens is 2. The van der Waals surface area contributed by atoms with Gasteiger partial charge in [-0.2, -0.15) is 0 Å². The Balaban J connectivity index is 1.94. The smallest absolute Gasteiger partial charge is 0.148 e. The predicted molar refractivity (Wildman–Crippen MR) is 114 cm³/mol. The second-order valence-electron chi connectivity index (χ2n) is 6.18. The maximum atomic E-state index is 5.98. The van der Waals surface area contributed by atoms with Crippen molar-refractivity contribution in [1.82, 2.24) is 0 Å². The number of aryl methyl sites for hydroxylation is 1. The van der Waals surface area contributed by atoms with Crippen LogP contribution in [0, 0.1) is 6.92 Å². The van der Waals surface area contributed by atoms with E-state index >= 15 is 0 Å². The maximum Gasteiger partial charge on any atom is 0.148 e. The number of aliphatic imine (C=N–C) groups is 1. The molecule has 0 radical (unpaired) electrons. The van der Waals surface area contributed by atoms with Gasteiger partial charge in [-0.3, -0.25) is 4.99 Å². The minimum absolute atomic E-state index is 0.544. The van der Waals surface area contributed by atoms with E-state index in [4.69, 9.17) is 4.74 Å².